The van der Waals surface area contributed by atoms with Crippen molar-refractivity contribution in [1.29, 1.82) is 0 Å². The maximum absolute atomic E-state index is 12.3. The molecule has 1 aromatic rings. The van der Waals surface area contributed by atoms with Gasteiger partial charge in [0.2, 0.25) is 0 Å². The molecule has 0 saturated heterocycles. The molecule has 1 rings (SSSR count). The molecular formula is C6H3F2IN2O3. The highest BCUT2D eigenvalue weighted by Gasteiger charge is 2.20. The van der Waals surface area contributed by atoms with Crippen LogP contribution in [0.4, 0.5) is 14.6 Å². The first-order valence-corrected chi connectivity index (χ1v) is 4.36. The third-order valence-electron chi connectivity index (χ3n) is 1.42. The molecule has 0 bridgehead atoms. The second kappa shape index (κ2) is 3.98. The highest BCUT2D eigenvalue weighted by molar-refractivity contribution is 14.1. The Morgan fingerprint density at radius 2 is 2.14 bits per heavy atom. The molecule has 0 unspecified atom stereocenters. The van der Waals surface area contributed by atoms with E-state index in [4.69, 9.17) is 0 Å². The van der Waals surface area contributed by atoms with Crippen LogP contribution in [-0.2, 0) is 0 Å². The molecule has 0 atom stereocenters. The van der Waals surface area contributed by atoms with E-state index in [1.54, 1.807) is 0 Å². The van der Waals surface area contributed by atoms with Gasteiger partial charge in [-0.1, -0.05) is 0 Å². The molecule has 1 N–H and O–H groups in total. The van der Waals surface area contributed by atoms with E-state index in [-0.39, 0.29) is 3.57 Å². The molecule has 0 aliphatic rings. The van der Waals surface area contributed by atoms with Crippen molar-refractivity contribution in [2.24, 2.45) is 0 Å². The summed E-state index contributed by atoms with van der Waals surface area (Å²) in [5.74, 6) is -0.731. The number of hydrogen-bond acceptors (Lipinski definition) is 3. The van der Waals surface area contributed by atoms with E-state index in [1.165, 1.54) is 22.6 Å². The van der Waals surface area contributed by atoms with Crippen LogP contribution in [0.5, 0.6) is 0 Å². The average molecular weight is 316 g/mol. The van der Waals surface area contributed by atoms with E-state index in [1.807, 2.05) is 4.98 Å². The SMILES string of the molecule is O=c1[nH]c([N+](=O)[O-])cc(C(F)F)c1I. The Morgan fingerprint density at radius 3 is 2.57 bits per heavy atom. The van der Waals surface area contributed by atoms with E-state index >= 15 is 0 Å². The largest absolute Gasteiger partial charge is 0.358 e. The van der Waals surface area contributed by atoms with E-state index < -0.39 is 28.3 Å². The van der Waals surface area contributed by atoms with Crippen molar-refractivity contribution in [3.8, 4) is 0 Å². The Labute approximate surface area is 89.4 Å². The number of aromatic amines is 1. The van der Waals surface area contributed by atoms with Crippen LogP contribution in [0.15, 0.2) is 10.9 Å². The average Bonchev–Trinajstić information content (AvgIpc) is 2.08. The summed E-state index contributed by atoms with van der Waals surface area (Å²) in [5, 5.41) is 10.2. The van der Waals surface area contributed by atoms with Gasteiger partial charge in [-0.3, -0.25) is 0 Å². The number of H-pyrrole nitrogens is 1. The Balaban J connectivity index is 3.43. The quantitative estimate of drug-likeness (QED) is 0.514. The van der Waals surface area contributed by atoms with Gasteiger partial charge in [-0.2, -0.15) is 0 Å². The molecule has 0 aliphatic heterocycles. The predicted molar refractivity (Wildman–Crippen MR) is 51.4 cm³/mol. The molecule has 76 valence electrons. The molecule has 0 fully saturated rings. The first-order chi connectivity index (χ1) is 6.43. The Hall–Kier alpha value is -1.06. The lowest BCUT2D eigenvalue weighted by Crippen LogP contribution is -2.14. The minimum Gasteiger partial charge on any atom is -0.358 e. The van der Waals surface area contributed by atoms with Gasteiger partial charge in [-0.05, 0) is 27.5 Å². The van der Waals surface area contributed by atoms with E-state index in [0.29, 0.717) is 6.07 Å². The van der Waals surface area contributed by atoms with E-state index in [0.717, 1.165) is 0 Å². The van der Waals surface area contributed by atoms with Crippen molar-refractivity contribution >= 4 is 28.4 Å². The lowest BCUT2D eigenvalue weighted by Gasteiger charge is -2.01. The monoisotopic (exact) mass is 316 g/mol. The van der Waals surface area contributed by atoms with Gasteiger partial charge >= 0.3 is 11.4 Å². The van der Waals surface area contributed by atoms with Crippen LogP contribution in [0.1, 0.15) is 12.0 Å². The van der Waals surface area contributed by atoms with Crippen molar-refractivity contribution in [3.05, 3.63) is 35.7 Å². The predicted octanol–water partition coefficient (Wildman–Crippen LogP) is 1.83. The number of nitrogens with zero attached hydrogens (tertiary/aromatic N) is 1. The van der Waals surface area contributed by atoms with Crippen molar-refractivity contribution < 1.29 is 13.7 Å². The second-order valence-corrected chi connectivity index (χ2v) is 3.39. The number of nitro groups is 1. The van der Waals surface area contributed by atoms with Crippen LogP contribution >= 0.6 is 22.6 Å². The van der Waals surface area contributed by atoms with Crippen molar-refractivity contribution in [1.82, 2.24) is 4.98 Å². The summed E-state index contributed by atoms with van der Waals surface area (Å²) in [6.07, 6.45) is -2.90. The van der Waals surface area contributed by atoms with Crippen molar-refractivity contribution in [3.63, 3.8) is 0 Å². The lowest BCUT2D eigenvalue weighted by molar-refractivity contribution is -0.389. The normalized spacial score (nSPS) is 10.6. The third-order valence-corrected chi connectivity index (χ3v) is 2.53. The molecule has 1 aromatic heterocycles. The number of pyridine rings is 1. The Morgan fingerprint density at radius 1 is 1.57 bits per heavy atom. The standard InChI is InChI=1S/C6H3F2IN2O3/c7-5(8)2-1-3(11(13)14)10-6(12)4(2)9/h1,5H,(H,10,12). The maximum Gasteiger partial charge on any atom is 0.345 e. The molecule has 0 saturated carbocycles. The number of alkyl halides is 2. The first-order valence-electron chi connectivity index (χ1n) is 3.28. The van der Waals surface area contributed by atoms with Gasteiger partial charge in [0, 0.05) is 11.6 Å². The van der Waals surface area contributed by atoms with E-state index in [9.17, 15) is 23.7 Å². The minimum absolute atomic E-state index is 0.233. The third kappa shape index (κ3) is 2.05. The van der Waals surface area contributed by atoms with Crippen LogP contribution in [0.25, 0.3) is 0 Å². The lowest BCUT2D eigenvalue weighted by atomic mass is 10.3. The summed E-state index contributed by atoms with van der Waals surface area (Å²) in [7, 11) is 0. The zero-order valence-electron chi connectivity index (χ0n) is 6.46. The van der Waals surface area contributed by atoms with Crippen LogP contribution < -0.4 is 5.56 Å². The zero-order chi connectivity index (χ0) is 10.9. The summed E-state index contributed by atoms with van der Waals surface area (Å²) in [6.45, 7) is 0. The number of aromatic nitrogens is 1. The number of hydrogen-bond donors (Lipinski definition) is 1. The fourth-order valence-corrected chi connectivity index (χ4v) is 1.33. The van der Waals surface area contributed by atoms with Crippen LogP contribution in [0, 0.1) is 13.7 Å². The fourth-order valence-electron chi connectivity index (χ4n) is 0.806. The van der Waals surface area contributed by atoms with Gasteiger partial charge < -0.3 is 10.1 Å². The number of rotatable bonds is 2. The van der Waals surface area contributed by atoms with Gasteiger partial charge in [0.05, 0.1) is 0 Å². The van der Waals surface area contributed by atoms with Gasteiger partial charge in [-0.25, -0.2) is 18.6 Å². The number of nitrogens with one attached hydrogen (secondary N) is 1. The highest BCUT2D eigenvalue weighted by atomic mass is 127. The molecule has 1 heterocycles. The van der Waals surface area contributed by atoms with Gasteiger partial charge in [-0.15, -0.1) is 0 Å². The summed E-state index contributed by atoms with van der Waals surface area (Å²) in [4.78, 5) is 22.1. The summed E-state index contributed by atoms with van der Waals surface area (Å²) in [6, 6.07) is 0.661. The van der Waals surface area contributed by atoms with Gasteiger partial charge in [0.1, 0.15) is 3.57 Å². The molecule has 0 aromatic carbocycles. The topological polar surface area (TPSA) is 76.0 Å². The first kappa shape index (κ1) is 11.0. The molecule has 0 aliphatic carbocycles. The Kier molecular flexibility index (Phi) is 3.13. The molecule has 0 amide bonds. The summed E-state index contributed by atoms with van der Waals surface area (Å²) >= 11 is 1.41. The summed E-state index contributed by atoms with van der Waals surface area (Å²) in [5.41, 5.74) is -1.50. The minimum atomic E-state index is -2.90. The zero-order valence-corrected chi connectivity index (χ0v) is 8.62. The molecule has 0 spiro atoms. The smallest absolute Gasteiger partial charge is 0.345 e. The fraction of sp³-hybridized carbons (Fsp3) is 0.167. The van der Waals surface area contributed by atoms with Gasteiger partial charge in [0.15, 0.2) is 0 Å². The second-order valence-electron chi connectivity index (χ2n) is 2.31. The highest BCUT2D eigenvalue weighted by Crippen LogP contribution is 2.24. The van der Waals surface area contributed by atoms with Crippen molar-refractivity contribution in [2.75, 3.05) is 0 Å². The molecule has 0 radical (unpaired) electrons. The van der Waals surface area contributed by atoms with Crippen LogP contribution in [0.3, 0.4) is 0 Å². The van der Waals surface area contributed by atoms with E-state index in [2.05, 4.69) is 0 Å². The summed E-state index contributed by atoms with van der Waals surface area (Å²) < 4.78 is 24.3. The molecule has 5 nitrogen and oxygen atoms in total. The molecular weight excluding hydrogens is 313 g/mol. The number of halogens is 3. The molecule has 8 heteroatoms. The van der Waals surface area contributed by atoms with Gasteiger partial charge in [0.25, 0.3) is 6.43 Å². The Bertz CT molecular complexity index is 432. The van der Waals surface area contributed by atoms with Crippen molar-refractivity contribution in [2.45, 2.75) is 6.43 Å². The molecule has 14 heavy (non-hydrogen) atoms. The van der Waals surface area contributed by atoms with Crippen LogP contribution in [-0.4, -0.2) is 9.91 Å². The van der Waals surface area contributed by atoms with Crippen LogP contribution in [0.2, 0.25) is 0 Å². The maximum atomic E-state index is 12.3.